The zero-order valence-electron chi connectivity index (χ0n) is 32.0. The molecular weight excluding hydrogens is 635 g/mol. The van der Waals surface area contributed by atoms with Gasteiger partial charge in [-0.3, -0.25) is 19.2 Å². The highest BCUT2D eigenvalue weighted by atomic mass is 16.6. The lowest BCUT2D eigenvalue weighted by Crippen LogP contribution is -2.51. The van der Waals surface area contributed by atoms with Crippen molar-refractivity contribution in [2.24, 2.45) is 45.3 Å². The van der Waals surface area contributed by atoms with Gasteiger partial charge in [0.15, 0.2) is 23.1 Å². The first kappa shape index (κ1) is 35.6. The van der Waals surface area contributed by atoms with E-state index in [9.17, 15) is 19.2 Å². The molecule has 7 heteroatoms. The van der Waals surface area contributed by atoms with E-state index in [1.54, 1.807) is 11.1 Å². The Bertz CT molecular complexity index is 1580. The van der Waals surface area contributed by atoms with Crippen LogP contribution in [-0.2, 0) is 28.5 Å². The molecule has 4 saturated carbocycles. The molecule has 0 aromatic heterocycles. The van der Waals surface area contributed by atoms with E-state index in [1.807, 2.05) is 26.0 Å². The predicted molar refractivity (Wildman–Crippen MR) is 197 cm³/mol. The Kier molecular flexibility index (Phi) is 8.81. The standard InChI is InChI=1S/C44H58BO6/c1-25(39(48)43(5)21-17-37-35-11-7-27-23-29(46)9-13-31(27)33(35)15-19-41(37,43)3)50-45-51-26(2)40(49)44(6)22-18-38-36-12-8-28-24-30(47)10-14-32(28)34(36)16-20-42(38,44)4/h23-26,35-38H,7-22H2,1-6H3. The number of carbonyl (C=O) groups excluding carboxylic acids is 4. The zero-order chi connectivity index (χ0) is 36.1. The Balaban J connectivity index is 0.897. The van der Waals surface area contributed by atoms with Gasteiger partial charge in [-0.05, 0) is 173 Å². The molecule has 0 amide bonds. The lowest BCUT2D eigenvalue weighted by atomic mass is 9.51. The largest absolute Gasteiger partial charge is 0.489 e. The van der Waals surface area contributed by atoms with Crippen LogP contribution in [0.3, 0.4) is 0 Å². The minimum Gasteiger partial charge on any atom is -0.403 e. The van der Waals surface area contributed by atoms with Crippen molar-refractivity contribution >= 4 is 30.8 Å². The van der Waals surface area contributed by atoms with Gasteiger partial charge in [0.2, 0.25) is 0 Å². The van der Waals surface area contributed by atoms with Gasteiger partial charge in [-0.1, -0.05) is 38.8 Å². The minimum atomic E-state index is -0.660. The lowest BCUT2D eigenvalue weighted by Gasteiger charge is -2.52. The Morgan fingerprint density at radius 3 is 1.43 bits per heavy atom. The molecule has 0 N–H and O–H groups in total. The molecule has 0 bridgehead atoms. The number of ketones is 4. The van der Waals surface area contributed by atoms with E-state index in [2.05, 4.69) is 27.7 Å². The Morgan fingerprint density at radius 2 is 1.02 bits per heavy atom. The maximum atomic E-state index is 14.3. The average Bonchev–Trinajstić information content (AvgIpc) is 3.56. The van der Waals surface area contributed by atoms with Crippen LogP contribution in [0.4, 0.5) is 0 Å². The van der Waals surface area contributed by atoms with E-state index in [0.29, 0.717) is 36.5 Å². The average molecular weight is 694 g/mol. The van der Waals surface area contributed by atoms with Gasteiger partial charge in [-0.25, -0.2) is 0 Å². The molecule has 273 valence electrons. The number of fused-ring (bicyclic) bond motifs is 8. The van der Waals surface area contributed by atoms with Crippen molar-refractivity contribution in [3.63, 3.8) is 0 Å². The van der Waals surface area contributed by atoms with Crippen LogP contribution in [0, 0.1) is 45.3 Å². The Hall–Kier alpha value is -2.38. The normalized spacial score (nSPS) is 41.3. The molecule has 0 aromatic carbocycles. The molecular formula is C44H58BO6. The lowest BCUT2D eigenvalue weighted by molar-refractivity contribution is -0.145. The van der Waals surface area contributed by atoms with Crippen LogP contribution < -0.4 is 0 Å². The molecule has 0 spiro atoms. The highest BCUT2D eigenvalue weighted by Gasteiger charge is 2.64. The van der Waals surface area contributed by atoms with Crippen molar-refractivity contribution < 1.29 is 28.5 Å². The second-order valence-corrected chi connectivity index (χ2v) is 18.7. The first-order chi connectivity index (χ1) is 24.2. The summed E-state index contributed by atoms with van der Waals surface area (Å²) in [7, 11) is 1.28. The van der Waals surface area contributed by atoms with Gasteiger partial charge in [0.05, 0.1) is 12.2 Å². The number of Topliss-reactive ketones (excluding diaryl/α,β-unsaturated/α-hetero) is 2. The van der Waals surface area contributed by atoms with Crippen LogP contribution in [0.25, 0.3) is 0 Å². The summed E-state index contributed by atoms with van der Waals surface area (Å²) >= 11 is 0. The molecule has 0 saturated heterocycles. The monoisotopic (exact) mass is 693 g/mol. The van der Waals surface area contributed by atoms with Crippen LogP contribution >= 0.6 is 0 Å². The quantitative estimate of drug-likeness (QED) is 0.236. The first-order valence-corrected chi connectivity index (χ1v) is 20.3. The molecule has 0 aliphatic heterocycles. The summed E-state index contributed by atoms with van der Waals surface area (Å²) < 4.78 is 12.1. The number of carbonyl (C=O) groups is 4. The molecule has 8 aliphatic carbocycles. The summed E-state index contributed by atoms with van der Waals surface area (Å²) in [6.07, 6.45) is 17.5. The van der Waals surface area contributed by atoms with Gasteiger partial charge in [0.1, 0.15) is 0 Å². The maximum absolute atomic E-state index is 14.3. The predicted octanol–water partition coefficient (Wildman–Crippen LogP) is 8.89. The second-order valence-electron chi connectivity index (χ2n) is 18.7. The second kappa shape index (κ2) is 12.6. The smallest absolute Gasteiger partial charge is 0.403 e. The Morgan fingerprint density at radius 1 is 0.608 bits per heavy atom. The van der Waals surface area contributed by atoms with E-state index in [1.165, 1.54) is 30.0 Å². The van der Waals surface area contributed by atoms with E-state index >= 15 is 0 Å². The number of rotatable bonds is 8. The van der Waals surface area contributed by atoms with Crippen molar-refractivity contribution in [3.8, 4) is 0 Å². The number of allylic oxidation sites excluding steroid dienone is 8. The molecule has 10 atom stereocenters. The van der Waals surface area contributed by atoms with Crippen molar-refractivity contribution in [3.05, 3.63) is 45.6 Å². The van der Waals surface area contributed by atoms with Crippen molar-refractivity contribution in [2.75, 3.05) is 0 Å². The van der Waals surface area contributed by atoms with Crippen molar-refractivity contribution in [1.82, 2.24) is 0 Å². The van der Waals surface area contributed by atoms with E-state index in [4.69, 9.17) is 9.31 Å². The van der Waals surface area contributed by atoms with Gasteiger partial charge in [-0.2, -0.15) is 0 Å². The fourth-order valence-electron chi connectivity index (χ4n) is 13.6. The highest BCUT2D eigenvalue weighted by molar-refractivity contribution is 6.20. The summed E-state index contributed by atoms with van der Waals surface area (Å²) in [6, 6.07) is 0. The fraction of sp³-hybridized carbons (Fsp3) is 0.727. The molecule has 10 unspecified atom stereocenters. The zero-order valence-corrected chi connectivity index (χ0v) is 32.0. The first-order valence-electron chi connectivity index (χ1n) is 20.3. The van der Waals surface area contributed by atoms with Crippen LogP contribution in [0.2, 0.25) is 0 Å². The van der Waals surface area contributed by atoms with Crippen LogP contribution in [0.5, 0.6) is 0 Å². The van der Waals surface area contributed by atoms with Crippen LogP contribution in [0.1, 0.15) is 144 Å². The molecule has 8 rings (SSSR count). The SMILES string of the molecule is CC(O[B]OC(C)C(=O)C1(C)CCC2C3CCC4=CC(=O)CCC4=C3CCC21C)C(=O)C1(C)CCC2C3CCC4=CC(=O)CCC4=C3CCC21C. The third-order valence-corrected chi connectivity index (χ3v) is 17.0. The summed E-state index contributed by atoms with van der Waals surface area (Å²) in [4.78, 5) is 52.8. The van der Waals surface area contributed by atoms with Crippen LogP contribution in [0.15, 0.2) is 45.6 Å². The Labute approximate surface area is 306 Å². The molecule has 51 heavy (non-hydrogen) atoms. The van der Waals surface area contributed by atoms with Gasteiger partial charge in [0.25, 0.3) is 0 Å². The van der Waals surface area contributed by atoms with Crippen molar-refractivity contribution in [1.29, 1.82) is 0 Å². The van der Waals surface area contributed by atoms with Gasteiger partial charge < -0.3 is 9.31 Å². The minimum absolute atomic E-state index is 0.101. The van der Waals surface area contributed by atoms with E-state index in [0.717, 1.165) is 89.9 Å². The molecule has 8 aliphatic rings. The van der Waals surface area contributed by atoms with Gasteiger partial charge in [0, 0.05) is 23.7 Å². The fourth-order valence-corrected chi connectivity index (χ4v) is 13.6. The summed E-state index contributed by atoms with van der Waals surface area (Å²) in [5.41, 5.74) is 7.48. The third kappa shape index (κ3) is 5.23. The molecule has 6 nitrogen and oxygen atoms in total. The van der Waals surface area contributed by atoms with E-state index in [-0.39, 0.29) is 34.0 Å². The molecule has 4 fully saturated rings. The molecule has 0 aromatic rings. The number of hydrogen-bond donors (Lipinski definition) is 0. The third-order valence-electron chi connectivity index (χ3n) is 17.0. The summed E-state index contributed by atoms with van der Waals surface area (Å²) in [5, 5.41) is 0. The van der Waals surface area contributed by atoms with Gasteiger partial charge >= 0.3 is 7.69 Å². The topological polar surface area (TPSA) is 86.7 Å². The highest BCUT2D eigenvalue weighted by Crippen LogP contribution is 2.68. The number of hydrogen-bond acceptors (Lipinski definition) is 6. The van der Waals surface area contributed by atoms with Crippen molar-refractivity contribution in [2.45, 2.75) is 156 Å². The summed E-state index contributed by atoms with van der Waals surface area (Å²) in [6.45, 7) is 12.7. The van der Waals surface area contributed by atoms with E-state index < -0.39 is 23.0 Å². The maximum Gasteiger partial charge on any atom is 0.489 e. The van der Waals surface area contributed by atoms with Gasteiger partial charge in [-0.15, -0.1) is 0 Å². The van der Waals surface area contributed by atoms with Crippen LogP contribution in [-0.4, -0.2) is 43.0 Å². The molecule has 1 radical (unpaired) electrons. The molecule has 0 heterocycles. The summed E-state index contributed by atoms with van der Waals surface area (Å²) in [5.74, 6) is 2.77.